The molecule has 0 bridgehead atoms. The lowest BCUT2D eigenvalue weighted by molar-refractivity contribution is 0.416. The molecule has 0 radical (unpaired) electrons. The van der Waals surface area contributed by atoms with Crippen LogP contribution in [0.15, 0.2) is 41.3 Å². The standard InChI is InChI=1S/C13H12F2N2O3S/c1-20-13-3-2-11(7-12(13)16)21(18,19)17-10-5-8(14)4-9(15)6-10/h2-7,17H,16H2,1H3. The molecule has 0 aliphatic rings. The predicted octanol–water partition coefficient (Wildman–Crippen LogP) is 2.36. The molecule has 2 aromatic rings. The molecule has 0 aliphatic heterocycles. The van der Waals surface area contributed by atoms with Crippen LogP contribution in [-0.2, 0) is 10.0 Å². The van der Waals surface area contributed by atoms with Gasteiger partial charge in [0.05, 0.1) is 23.4 Å². The Kier molecular flexibility index (Phi) is 3.99. The van der Waals surface area contributed by atoms with Crippen molar-refractivity contribution in [3.63, 3.8) is 0 Å². The van der Waals surface area contributed by atoms with Gasteiger partial charge in [0, 0.05) is 6.07 Å². The SMILES string of the molecule is COc1ccc(S(=O)(=O)Nc2cc(F)cc(F)c2)cc1N. The van der Waals surface area contributed by atoms with E-state index >= 15 is 0 Å². The van der Waals surface area contributed by atoms with Crippen molar-refractivity contribution in [2.45, 2.75) is 4.90 Å². The fourth-order valence-corrected chi connectivity index (χ4v) is 2.78. The van der Waals surface area contributed by atoms with Crippen molar-refractivity contribution in [3.05, 3.63) is 48.0 Å². The van der Waals surface area contributed by atoms with Crippen molar-refractivity contribution in [1.82, 2.24) is 0 Å². The topological polar surface area (TPSA) is 81.4 Å². The number of methoxy groups -OCH3 is 1. The molecule has 0 saturated heterocycles. The third kappa shape index (κ3) is 3.40. The van der Waals surface area contributed by atoms with Crippen molar-refractivity contribution < 1.29 is 21.9 Å². The van der Waals surface area contributed by atoms with Gasteiger partial charge in [0.15, 0.2) is 0 Å². The lowest BCUT2D eigenvalue weighted by Crippen LogP contribution is -2.13. The van der Waals surface area contributed by atoms with Gasteiger partial charge in [-0.3, -0.25) is 4.72 Å². The van der Waals surface area contributed by atoms with Gasteiger partial charge in [-0.05, 0) is 30.3 Å². The van der Waals surface area contributed by atoms with Crippen LogP contribution < -0.4 is 15.2 Å². The molecule has 0 unspecified atom stereocenters. The van der Waals surface area contributed by atoms with Crippen molar-refractivity contribution in [2.24, 2.45) is 0 Å². The van der Waals surface area contributed by atoms with Gasteiger partial charge in [-0.15, -0.1) is 0 Å². The molecule has 21 heavy (non-hydrogen) atoms. The zero-order chi connectivity index (χ0) is 15.6. The molecule has 5 nitrogen and oxygen atoms in total. The molecule has 2 aromatic carbocycles. The Balaban J connectivity index is 2.36. The summed E-state index contributed by atoms with van der Waals surface area (Å²) in [4.78, 5) is -0.148. The minimum Gasteiger partial charge on any atom is -0.495 e. The molecule has 0 spiro atoms. The molecule has 112 valence electrons. The summed E-state index contributed by atoms with van der Waals surface area (Å²) in [6.45, 7) is 0. The molecule has 0 saturated carbocycles. The van der Waals surface area contributed by atoms with Crippen LogP contribution in [0.4, 0.5) is 20.2 Å². The second kappa shape index (κ2) is 5.57. The molecule has 0 aliphatic carbocycles. The summed E-state index contributed by atoms with van der Waals surface area (Å²) >= 11 is 0. The second-order valence-electron chi connectivity index (χ2n) is 4.17. The number of hydrogen-bond donors (Lipinski definition) is 2. The molecule has 2 rings (SSSR count). The van der Waals surface area contributed by atoms with Gasteiger partial charge < -0.3 is 10.5 Å². The summed E-state index contributed by atoms with van der Waals surface area (Å²) in [6, 6.07) is 6.23. The monoisotopic (exact) mass is 314 g/mol. The van der Waals surface area contributed by atoms with Gasteiger partial charge in [0.2, 0.25) is 0 Å². The highest BCUT2D eigenvalue weighted by molar-refractivity contribution is 7.92. The largest absolute Gasteiger partial charge is 0.495 e. The number of rotatable bonds is 4. The number of hydrogen-bond acceptors (Lipinski definition) is 4. The van der Waals surface area contributed by atoms with Gasteiger partial charge in [0.1, 0.15) is 17.4 Å². The van der Waals surface area contributed by atoms with Crippen LogP contribution in [0.1, 0.15) is 0 Å². The molecule has 3 N–H and O–H groups in total. The Hall–Kier alpha value is -2.35. The van der Waals surface area contributed by atoms with Crippen molar-refractivity contribution in [1.29, 1.82) is 0 Å². The number of benzene rings is 2. The van der Waals surface area contributed by atoms with E-state index in [1.54, 1.807) is 0 Å². The Morgan fingerprint density at radius 2 is 1.71 bits per heavy atom. The van der Waals surface area contributed by atoms with E-state index in [9.17, 15) is 17.2 Å². The van der Waals surface area contributed by atoms with Crippen molar-refractivity contribution in [3.8, 4) is 5.75 Å². The second-order valence-corrected chi connectivity index (χ2v) is 5.85. The predicted molar refractivity (Wildman–Crippen MR) is 74.6 cm³/mol. The van der Waals surface area contributed by atoms with E-state index in [4.69, 9.17) is 10.5 Å². The molecule has 0 heterocycles. The molecule has 8 heteroatoms. The maximum absolute atomic E-state index is 13.1. The highest BCUT2D eigenvalue weighted by Crippen LogP contribution is 2.26. The van der Waals surface area contributed by atoms with E-state index in [2.05, 4.69) is 4.72 Å². The normalized spacial score (nSPS) is 11.2. The molecular formula is C13H12F2N2O3S. The van der Waals surface area contributed by atoms with Gasteiger partial charge in [-0.1, -0.05) is 0 Å². The number of halogens is 2. The Morgan fingerprint density at radius 1 is 1.10 bits per heavy atom. The van der Waals surface area contributed by atoms with Gasteiger partial charge in [-0.25, -0.2) is 17.2 Å². The van der Waals surface area contributed by atoms with Crippen molar-refractivity contribution in [2.75, 3.05) is 17.6 Å². The van der Waals surface area contributed by atoms with Gasteiger partial charge in [-0.2, -0.15) is 0 Å². The number of anilines is 2. The first-order chi connectivity index (χ1) is 9.81. The van der Waals surface area contributed by atoms with Crippen LogP contribution in [-0.4, -0.2) is 15.5 Å². The number of nitrogen functional groups attached to an aromatic ring is 1. The Bertz CT molecular complexity index is 759. The average Bonchev–Trinajstić information content (AvgIpc) is 2.36. The van der Waals surface area contributed by atoms with Gasteiger partial charge >= 0.3 is 0 Å². The van der Waals surface area contributed by atoms with Crippen LogP contribution in [0.5, 0.6) is 5.75 Å². The first kappa shape index (κ1) is 15.0. The van der Waals surface area contributed by atoms with E-state index in [1.165, 1.54) is 25.3 Å². The lowest BCUT2D eigenvalue weighted by Gasteiger charge is -2.10. The molecule has 0 fully saturated rings. The van der Waals surface area contributed by atoms with Crippen LogP contribution in [0.2, 0.25) is 0 Å². The van der Waals surface area contributed by atoms with Crippen molar-refractivity contribution >= 4 is 21.4 Å². The van der Waals surface area contributed by atoms with E-state index < -0.39 is 21.7 Å². The third-order valence-electron chi connectivity index (χ3n) is 2.63. The Labute approximate surface area is 120 Å². The molecule has 0 aromatic heterocycles. The summed E-state index contributed by atoms with van der Waals surface area (Å²) in [7, 11) is -2.62. The van der Waals surface area contributed by atoms with Crippen LogP contribution in [0.25, 0.3) is 0 Å². The van der Waals surface area contributed by atoms with E-state index in [0.717, 1.165) is 12.1 Å². The first-order valence-corrected chi connectivity index (χ1v) is 7.22. The van der Waals surface area contributed by atoms with E-state index in [-0.39, 0.29) is 16.3 Å². The molecule has 0 atom stereocenters. The van der Waals surface area contributed by atoms with Gasteiger partial charge in [0.25, 0.3) is 10.0 Å². The maximum atomic E-state index is 13.1. The summed E-state index contributed by atoms with van der Waals surface area (Å²) in [5.41, 5.74) is 5.54. The first-order valence-electron chi connectivity index (χ1n) is 5.74. The zero-order valence-corrected chi connectivity index (χ0v) is 11.7. The zero-order valence-electron chi connectivity index (χ0n) is 10.9. The summed E-state index contributed by atoms with van der Waals surface area (Å²) in [6.07, 6.45) is 0. The van der Waals surface area contributed by atoms with E-state index in [0.29, 0.717) is 11.8 Å². The molecule has 0 amide bonds. The fourth-order valence-electron chi connectivity index (χ4n) is 1.71. The minimum absolute atomic E-state index is 0.130. The quantitative estimate of drug-likeness (QED) is 0.849. The lowest BCUT2D eigenvalue weighted by atomic mass is 10.3. The van der Waals surface area contributed by atoms with E-state index in [1.807, 2.05) is 0 Å². The van der Waals surface area contributed by atoms with Crippen LogP contribution >= 0.6 is 0 Å². The summed E-state index contributed by atoms with van der Waals surface area (Å²) in [5, 5.41) is 0. The third-order valence-corrected chi connectivity index (χ3v) is 4.01. The fraction of sp³-hybridized carbons (Fsp3) is 0.0769. The minimum atomic E-state index is -4.01. The highest BCUT2D eigenvalue weighted by Gasteiger charge is 2.16. The average molecular weight is 314 g/mol. The number of nitrogens with one attached hydrogen (secondary N) is 1. The summed E-state index contributed by atoms with van der Waals surface area (Å²) in [5.74, 6) is -1.45. The number of ether oxygens (including phenoxy) is 1. The Morgan fingerprint density at radius 3 is 2.24 bits per heavy atom. The van der Waals surface area contributed by atoms with Crippen LogP contribution in [0.3, 0.4) is 0 Å². The maximum Gasteiger partial charge on any atom is 0.261 e. The summed E-state index contributed by atoms with van der Waals surface area (Å²) < 4.78 is 57.4. The number of nitrogens with two attached hydrogens (primary N) is 1. The van der Waals surface area contributed by atoms with Crippen LogP contribution in [0, 0.1) is 11.6 Å². The number of sulfonamides is 1. The molecular weight excluding hydrogens is 302 g/mol. The highest BCUT2D eigenvalue weighted by atomic mass is 32.2. The smallest absolute Gasteiger partial charge is 0.261 e.